The van der Waals surface area contributed by atoms with Gasteiger partial charge in [-0.05, 0) is 97.6 Å². The minimum absolute atomic E-state index is 0.181. The minimum Gasteiger partial charge on any atom is -0.497 e. The average molecular weight is 551 g/mol. The molecule has 0 aromatic heterocycles. The molecule has 0 atom stereocenters. The molecule has 1 aliphatic heterocycles. The van der Waals surface area contributed by atoms with E-state index in [4.69, 9.17) is 14.2 Å². The van der Waals surface area contributed by atoms with Gasteiger partial charge in [-0.25, -0.2) is 0 Å². The van der Waals surface area contributed by atoms with Crippen LogP contribution >= 0.6 is 0 Å². The molecule has 4 aromatic rings. The Labute approximate surface area is 242 Å². The van der Waals surface area contributed by atoms with E-state index in [1.54, 1.807) is 13.2 Å². The van der Waals surface area contributed by atoms with Gasteiger partial charge in [-0.15, -0.1) is 0 Å². The first-order chi connectivity index (χ1) is 20.0. The molecule has 0 unspecified atom stereocenters. The van der Waals surface area contributed by atoms with E-state index in [-0.39, 0.29) is 12.0 Å². The van der Waals surface area contributed by atoms with Gasteiger partial charge < -0.3 is 24.4 Å². The van der Waals surface area contributed by atoms with Crippen LogP contribution in [-0.2, 0) is 0 Å². The molecule has 6 heteroatoms. The maximum atomic E-state index is 13.2. The molecule has 0 spiro atoms. The van der Waals surface area contributed by atoms with Crippen molar-refractivity contribution in [3.8, 4) is 39.5 Å². The first-order valence-electron chi connectivity index (χ1n) is 14.3. The van der Waals surface area contributed by atoms with E-state index in [9.17, 15) is 4.79 Å². The minimum atomic E-state index is -0.181. The second kappa shape index (κ2) is 13.4. The lowest BCUT2D eigenvalue weighted by atomic mass is 10.0. The van der Waals surface area contributed by atoms with Crippen molar-refractivity contribution in [1.29, 1.82) is 0 Å². The van der Waals surface area contributed by atoms with Crippen LogP contribution in [0, 0.1) is 0 Å². The molecule has 0 aliphatic carbocycles. The second-order valence-electron chi connectivity index (χ2n) is 10.5. The van der Waals surface area contributed by atoms with Crippen molar-refractivity contribution in [3.05, 3.63) is 96.6 Å². The van der Waals surface area contributed by atoms with Gasteiger partial charge in [0.05, 0.1) is 13.7 Å². The van der Waals surface area contributed by atoms with Gasteiger partial charge in [0.15, 0.2) is 0 Å². The molecule has 212 valence electrons. The van der Waals surface area contributed by atoms with Crippen molar-refractivity contribution in [2.75, 3.05) is 39.2 Å². The number of benzene rings is 4. The number of nitrogens with one attached hydrogen (secondary N) is 1. The quantitative estimate of drug-likeness (QED) is 0.221. The highest BCUT2D eigenvalue weighted by molar-refractivity contribution is 6.05. The Balaban J connectivity index is 1.26. The van der Waals surface area contributed by atoms with Crippen molar-refractivity contribution in [2.45, 2.75) is 32.3 Å². The fourth-order valence-electron chi connectivity index (χ4n) is 5.00. The smallest absolute Gasteiger partial charge is 0.255 e. The van der Waals surface area contributed by atoms with E-state index in [2.05, 4.69) is 36.3 Å². The number of methoxy groups -OCH3 is 1. The lowest BCUT2D eigenvalue weighted by Crippen LogP contribution is -2.35. The molecule has 5 rings (SSSR count). The average Bonchev–Trinajstić information content (AvgIpc) is 3.02. The van der Waals surface area contributed by atoms with Crippen molar-refractivity contribution in [1.82, 2.24) is 4.90 Å². The molecule has 41 heavy (non-hydrogen) atoms. The number of carbonyl (C=O) groups is 1. The molecular weight excluding hydrogens is 512 g/mol. The van der Waals surface area contributed by atoms with E-state index in [0.717, 1.165) is 77.5 Å². The van der Waals surface area contributed by atoms with E-state index in [1.165, 1.54) is 0 Å². The Morgan fingerprint density at radius 2 is 1.56 bits per heavy atom. The molecule has 1 heterocycles. The fourth-order valence-corrected chi connectivity index (χ4v) is 5.00. The van der Waals surface area contributed by atoms with Crippen LogP contribution in [0.4, 0.5) is 5.69 Å². The van der Waals surface area contributed by atoms with Crippen molar-refractivity contribution in [2.24, 2.45) is 0 Å². The van der Waals surface area contributed by atoms with Gasteiger partial charge >= 0.3 is 0 Å². The number of anilines is 1. The summed E-state index contributed by atoms with van der Waals surface area (Å²) in [4.78, 5) is 15.6. The van der Waals surface area contributed by atoms with Gasteiger partial charge in [0, 0.05) is 29.9 Å². The third-order valence-electron chi connectivity index (χ3n) is 7.38. The van der Waals surface area contributed by atoms with E-state index in [1.807, 2.05) is 72.8 Å². The zero-order chi connectivity index (χ0) is 28.6. The van der Waals surface area contributed by atoms with Crippen LogP contribution in [0.2, 0.25) is 0 Å². The fraction of sp³-hybridized carbons (Fsp3) is 0.286. The molecule has 0 bridgehead atoms. The zero-order valence-corrected chi connectivity index (χ0v) is 24.1. The SMILES string of the molecule is CCCOc1ccc(C(=O)Nc2ccc(-c3ccc(OC4CCN(C)CC4)cc3)cc2)cc1-c1cccc(OC)c1. The predicted molar refractivity (Wildman–Crippen MR) is 165 cm³/mol. The van der Waals surface area contributed by atoms with Crippen LogP contribution in [0.15, 0.2) is 91.0 Å². The van der Waals surface area contributed by atoms with E-state index >= 15 is 0 Å². The van der Waals surface area contributed by atoms with E-state index < -0.39 is 0 Å². The summed E-state index contributed by atoms with van der Waals surface area (Å²) in [6, 6.07) is 29.4. The Bertz CT molecular complexity index is 1440. The Hall–Kier alpha value is -4.29. The molecule has 6 nitrogen and oxygen atoms in total. The molecule has 1 fully saturated rings. The number of nitrogens with zero attached hydrogens (tertiary/aromatic N) is 1. The first kappa shape index (κ1) is 28.2. The number of carbonyl (C=O) groups excluding carboxylic acids is 1. The number of rotatable bonds is 10. The lowest BCUT2D eigenvalue weighted by Gasteiger charge is -2.29. The van der Waals surface area contributed by atoms with Gasteiger partial charge in [-0.1, -0.05) is 43.3 Å². The summed E-state index contributed by atoms with van der Waals surface area (Å²) in [5.74, 6) is 2.22. The Morgan fingerprint density at radius 1 is 0.854 bits per heavy atom. The summed E-state index contributed by atoms with van der Waals surface area (Å²) in [5, 5.41) is 3.03. The van der Waals surface area contributed by atoms with Crippen LogP contribution < -0.4 is 19.5 Å². The number of piperidine rings is 1. The number of ether oxygens (including phenoxy) is 3. The van der Waals surface area contributed by atoms with Crippen LogP contribution in [0.1, 0.15) is 36.5 Å². The summed E-state index contributed by atoms with van der Waals surface area (Å²) in [5.41, 5.74) is 5.24. The molecule has 1 N–H and O–H groups in total. The first-order valence-corrected chi connectivity index (χ1v) is 14.3. The van der Waals surface area contributed by atoms with Crippen LogP contribution in [0.3, 0.4) is 0 Å². The summed E-state index contributed by atoms with van der Waals surface area (Å²) >= 11 is 0. The molecule has 1 aliphatic rings. The third kappa shape index (κ3) is 7.27. The van der Waals surface area contributed by atoms with Crippen LogP contribution in [0.25, 0.3) is 22.3 Å². The lowest BCUT2D eigenvalue weighted by molar-refractivity contribution is 0.102. The summed E-state index contributed by atoms with van der Waals surface area (Å²) in [7, 11) is 3.80. The summed E-state index contributed by atoms with van der Waals surface area (Å²) < 4.78 is 17.6. The van der Waals surface area contributed by atoms with Crippen molar-refractivity contribution < 1.29 is 19.0 Å². The highest BCUT2D eigenvalue weighted by Crippen LogP contribution is 2.34. The highest BCUT2D eigenvalue weighted by Gasteiger charge is 2.18. The normalized spacial score (nSPS) is 13.9. The van der Waals surface area contributed by atoms with Gasteiger partial charge in [-0.2, -0.15) is 0 Å². The number of hydrogen-bond acceptors (Lipinski definition) is 5. The van der Waals surface area contributed by atoms with Crippen LogP contribution in [-0.4, -0.2) is 50.8 Å². The predicted octanol–water partition coefficient (Wildman–Crippen LogP) is 7.54. The third-order valence-corrected chi connectivity index (χ3v) is 7.38. The van der Waals surface area contributed by atoms with Crippen molar-refractivity contribution in [3.63, 3.8) is 0 Å². The van der Waals surface area contributed by atoms with Crippen molar-refractivity contribution >= 4 is 11.6 Å². The Morgan fingerprint density at radius 3 is 2.24 bits per heavy atom. The molecule has 1 saturated heterocycles. The molecular formula is C35H38N2O4. The number of amides is 1. The summed E-state index contributed by atoms with van der Waals surface area (Å²) in [6.45, 7) is 4.82. The summed E-state index contributed by atoms with van der Waals surface area (Å²) in [6.07, 6.45) is 3.30. The molecule has 4 aromatic carbocycles. The maximum absolute atomic E-state index is 13.2. The molecule has 0 radical (unpaired) electrons. The second-order valence-corrected chi connectivity index (χ2v) is 10.5. The van der Waals surface area contributed by atoms with E-state index in [0.29, 0.717) is 12.2 Å². The Kier molecular flexibility index (Phi) is 9.22. The largest absolute Gasteiger partial charge is 0.497 e. The topological polar surface area (TPSA) is 60.0 Å². The standard InChI is InChI=1S/C35H38N2O4/c1-4-22-40-34-17-12-28(24-33(34)27-6-5-7-32(23-27)39-3)35(38)36-29-13-8-25(9-14-29)26-10-15-30(16-11-26)41-31-18-20-37(2)21-19-31/h5-17,23-24,31H,4,18-22H2,1-3H3,(H,36,38). The van der Waals surface area contributed by atoms with Gasteiger partial charge in [0.2, 0.25) is 0 Å². The zero-order valence-electron chi connectivity index (χ0n) is 24.1. The molecule has 1 amide bonds. The monoisotopic (exact) mass is 550 g/mol. The van der Waals surface area contributed by atoms with Crippen LogP contribution in [0.5, 0.6) is 17.2 Å². The van der Waals surface area contributed by atoms with Gasteiger partial charge in [0.1, 0.15) is 23.4 Å². The number of likely N-dealkylation sites (tertiary alicyclic amines) is 1. The highest BCUT2D eigenvalue weighted by atomic mass is 16.5. The van der Waals surface area contributed by atoms with Gasteiger partial charge in [0.25, 0.3) is 5.91 Å². The maximum Gasteiger partial charge on any atom is 0.255 e. The van der Waals surface area contributed by atoms with Gasteiger partial charge in [-0.3, -0.25) is 4.79 Å². The number of hydrogen-bond donors (Lipinski definition) is 1. The molecule has 0 saturated carbocycles.